The Hall–Kier alpha value is -0.710. The van der Waals surface area contributed by atoms with Crippen molar-refractivity contribution in [3.63, 3.8) is 0 Å². The molecule has 21 heavy (non-hydrogen) atoms. The van der Waals surface area contributed by atoms with Gasteiger partial charge < -0.3 is 10.1 Å². The number of ether oxygens (including phenoxy) is 1. The number of rotatable bonds is 7. The number of hydrogen-bond acceptors (Lipinski definition) is 4. The van der Waals surface area contributed by atoms with Crippen molar-refractivity contribution in [2.45, 2.75) is 46.0 Å². The van der Waals surface area contributed by atoms with E-state index in [0.717, 1.165) is 30.6 Å². The Balaban J connectivity index is 2.07. The fraction of sp³-hybridized carbons (Fsp3) is 0.706. The summed E-state index contributed by atoms with van der Waals surface area (Å²) in [5.74, 6) is 0.746. The second-order valence-electron chi connectivity index (χ2n) is 5.91. The Morgan fingerprint density at radius 2 is 2.10 bits per heavy atom. The number of methoxy groups -OCH3 is 1. The van der Waals surface area contributed by atoms with Gasteiger partial charge in [-0.2, -0.15) is 0 Å². The summed E-state index contributed by atoms with van der Waals surface area (Å²) < 4.78 is 5.12. The first kappa shape index (κ1) is 16.7. The zero-order chi connectivity index (χ0) is 15.1. The third-order valence-corrected chi connectivity index (χ3v) is 5.22. The monoisotopic (exact) mass is 308 g/mol. The molecule has 1 aliphatic rings. The lowest BCUT2D eigenvalue weighted by Crippen LogP contribution is -2.25. The molecule has 2 rings (SSSR count). The van der Waals surface area contributed by atoms with E-state index in [4.69, 9.17) is 4.74 Å². The number of hydrogen-bond donors (Lipinski definition) is 1. The zero-order valence-corrected chi connectivity index (χ0v) is 14.4. The van der Waals surface area contributed by atoms with Gasteiger partial charge in [0.25, 0.3) is 0 Å². The number of nitrogens with one attached hydrogen (secondary N) is 1. The Morgan fingerprint density at radius 3 is 2.71 bits per heavy atom. The van der Waals surface area contributed by atoms with E-state index in [-0.39, 0.29) is 0 Å². The quantitative estimate of drug-likeness (QED) is 0.774. The Bertz CT molecular complexity index is 461. The van der Waals surface area contributed by atoms with Gasteiger partial charge in [0.05, 0.1) is 22.2 Å². The van der Waals surface area contributed by atoms with Gasteiger partial charge in [0.2, 0.25) is 0 Å². The van der Waals surface area contributed by atoms with Crippen LogP contribution >= 0.6 is 11.3 Å². The molecule has 1 aromatic heterocycles. The lowest BCUT2D eigenvalue weighted by atomic mass is 9.83. The SMILES string of the molecule is COCCNCC(=Cc1sc(C)nc1C)C1CCCCC1. The molecule has 1 heterocycles. The summed E-state index contributed by atoms with van der Waals surface area (Å²) in [4.78, 5) is 5.89. The second-order valence-corrected chi connectivity index (χ2v) is 7.14. The first-order chi connectivity index (χ1) is 10.2. The molecule has 0 amide bonds. The standard InChI is InChI=1S/C17H28N2OS/c1-13-17(21-14(2)19-13)11-16(12-18-9-10-20-3)15-7-5-4-6-8-15/h11,15,18H,4-10,12H2,1-3H3. The van der Waals surface area contributed by atoms with Crippen LogP contribution in [0.4, 0.5) is 0 Å². The van der Waals surface area contributed by atoms with Gasteiger partial charge in [0.15, 0.2) is 0 Å². The molecule has 0 radical (unpaired) electrons. The highest BCUT2D eigenvalue weighted by atomic mass is 32.1. The van der Waals surface area contributed by atoms with Gasteiger partial charge in [0.1, 0.15) is 0 Å². The molecule has 1 saturated carbocycles. The van der Waals surface area contributed by atoms with E-state index in [1.807, 2.05) is 11.3 Å². The summed E-state index contributed by atoms with van der Waals surface area (Å²) >= 11 is 1.81. The lowest BCUT2D eigenvalue weighted by Gasteiger charge is -2.25. The van der Waals surface area contributed by atoms with Crippen LogP contribution in [0.25, 0.3) is 6.08 Å². The molecule has 4 heteroatoms. The molecule has 1 fully saturated rings. The molecule has 1 N–H and O–H groups in total. The van der Waals surface area contributed by atoms with Crippen LogP contribution < -0.4 is 5.32 Å². The van der Waals surface area contributed by atoms with E-state index in [0.29, 0.717) is 0 Å². The number of thiazole rings is 1. The molecule has 0 saturated heterocycles. The molecular formula is C17H28N2OS. The fourth-order valence-electron chi connectivity index (χ4n) is 3.04. The van der Waals surface area contributed by atoms with Crippen LogP contribution in [0, 0.1) is 19.8 Å². The molecule has 3 nitrogen and oxygen atoms in total. The van der Waals surface area contributed by atoms with Crippen LogP contribution in [0.1, 0.15) is 47.7 Å². The highest BCUT2D eigenvalue weighted by Gasteiger charge is 2.18. The van der Waals surface area contributed by atoms with Crippen LogP contribution in [0.5, 0.6) is 0 Å². The number of nitrogens with zero attached hydrogens (tertiary/aromatic N) is 1. The van der Waals surface area contributed by atoms with Crippen molar-refractivity contribution < 1.29 is 4.74 Å². The molecule has 0 atom stereocenters. The van der Waals surface area contributed by atoms with Gasteiger partial charge in [-0.25, -0.2) is 4.98 Å². The molecule has 0 unspecified atom stereocenters. The maximum Gasteiger partial charge on any atom is 0.0903 e. The minimum Gasteiger partial charge on any atom is -0.383 e. The van der Waals surface area contributed by atoms with E-state index in [1.54, 1.807) is 12.7 Å². The smallest absolute Gasteiger partial charge is 0.0903 e. The van der Waals surface area contributed by atoms with Gasteiger partial charge in [-0.1, -0.05) is 24.8 Å². The molecule has 1 aromatic rings. The van der Waals surface area contributed by atoms with Gasteiger partial charge in [-0.15, -0.1) is 11.3 Å². The van der Waals surface area contributed by atoms with E-state index >= 15 is 0 Å². The van der Waals surface area contributed by atoms with Crippen LogP contribution in [0.15, 0.2) is 5.57 Å². The highest BCUT2D eigenvalue weighted by Crippen LogP contribution is 2.32. The minimum atomic E-state index is 0.746. The average molecular weight is 308 g/mol. The molecule has 118 valence electrons. The Kier molecular flexibility index (Phi) is 6.87. The fourth-order valence-corrected chi connectivity index (χ4v) is 3.95. The van der Waals surface area contributed by atoms with E-state index in [9.17, 15) is 0 Å². The van der Waals surface area contributed by atoms with Crippen LogP contribution in [0.2, 0.25) is 0 Å². The summed E-state index contributed by atoms with van der Waals surface area (Å²) in [7, 11) is 1.75. The van der Waals surface area contributed by atoms with Gasteiger partial charge >= 0.3 is 0 Å². The number of aryl methyl sites for hydroxylation is 2. The first-order valence-electron chi connectivity index (χ1n) is 8.05. The Labute approximate surface area is 132 Å². The van der Waals surface area contributed by atoms with E-state index in [2.05, 4.69) is 30.2 Å². The van der Waals surface area contributed by atoms with Gasteiger partial charge in [0, 0.05) is 20.2 Å². The summed E-state index contributed by atoms with van der Waals surface area (Å²) in [6.07, 6.45) is 9.24. The molecule has 1 aliphatic carbocycles. The topological polar surface area (TPSA) is 34.1 Å². The normalized spacial score (nSPS) is 17.4. The van der Waals surface area contributed by atoms with E-state index < -0.39 is 0 Å². The summed E-state index contributed by atoms with van der Waals surface area (Å²) in [6.45, 7) is 6.88. The van der Waals surface area contributed by atoms with Gasteiger partial charge in [-0.05, 0) is 38.7 Å². The highest BCUT2D eigenvalue weighted by molar-refractivity contribution is 7.12. The number of aromatic nitrogens is 1. The summed E-state index contributed by atoms with van der Waals surface area (Å²) in [6, 6.07) is 0. The van der Waals surface area contributed by atoms with Crippen molar-refractivity contribution in [1.29, 1.82) is 0 Å². The molecule has 0 spiro atoms. The van der Waals surface area contributed by atoms with Gasteiger partial charge in [-0.3, -0.25) is 0 Å². The van der Waals surface area contributed by atoms with Crippen molar-refractivity contribution >= 4 is 17.4 Å². The maximum absolute atomic E-state index is 5.12. The average Bonchev–Trinajstić information content (AvgIpc) is 2.81. The molecule has 0 aromatic carbocycles. The lowest BCUT2D eigenvalue weighted by molar-refractivity contribution is 0.200. The molecular weight excluding hydrogens is 280 g/mol. The second kappa shape index (κ2) is 8.66. The van der Waals surface area contributed by atoms with E-state index in [1.165, 1.54) is 42.7 Å². The predicted octanol–water partition coefficient (Wildman–Crippen LogP) is 3.96. The summed E-state index contributed by atoms with van der Waals surface area (Å²) in [5.41, 5.74) is 2.72. The van der Waals surface area contributed by atoms with Crippen molar-refractivity contribution in [3.8, 4) is 0 Å². The maximum atomic E-state index is 5.12. The van der Waals surface area contributed by atoms with Crippen LogP contribution in [0.3, 0.4) is 0 Å². The summed E-state index contributed by atoms with van der Waals surface area (Å²) in [5, 5.41) is 4.68. The van der Waals surface area contributed by atoms with Crippen LogP contribution in [-0.4, -0.2) is 31.8 Å². The van der Waals surface area contributed by atoms with Crippen molar-refractivity contribution in [1.82, 2.24) is 10.3 Å². The first-order valence-corrected chi connectivity index (χ1v) is 8.86. The van der Waals surface area contributed by atoms with Crippen molar-refractivity contribution in [2.75, 3.05) is 26.8 Å². The zero-order valence-electron chi connectivity index (χ0n) is 13.6. The van der Waals surface area contributed by atoms with Crippen LogP contribution in [-0.2, 0) is 4.74 Å². The predicted molar refractivity (Wildman–Crippen MR) is 90.9 cm³/mol. The largest absolute Gasteiger partial charge is 0.383 e. The van der Waals surface area contributed by atoms with Crippen molar-refractivity contribution in [2.24, 2.45) is 5.92 Å². The molecule has 0 aliphatic heterocycles. The van der Waals surface area contributed by atoms with Crippen molar-refractivity contribution in [3.05, 3.63) is 21.2 Å². The molecule has 0 bridgehead atoms. The Morgan fingerprint density at radius 1 is 1.33 bits per heavy atom. The third-order valence-electron chi connectivity index (χ3n) is 4.20. The third kappa shape index (κ3) is 5.20. The minimum absolute atomic E-state index is 0.746.